The minimum atomic E-state index is -4.61. The third-order valence-electron chi connectivity index (χ3n) is 4.25. The topological polar surface area (TPSA) is 104 Å². The van der Waals surface area contributed by atoms with Crippen molar-refractivity contribution in [1.29, 1.82) is 0 Å². The fourth-order valence-corrected chi connectivity index (χ4v) is 2.92. The molecule has 0 bridgehead atoms. The number of aryl methyl sites for hydroxylation is 1. The standard InChI is InChI=1S/C20H14ClF3N4O3/c1-10-13(4-7-17(26-10)20(22,23)24)19(30)27-12-3-5-15(21)14(8-12)16-6-2-11(9-25-16)18(29)28-31/h2-9,31H,1H3,(H,27,30)(H,28,29). The normalized spacial score (nSPS) is 11.2. The highest BCUT2D eigenvalue weighted by atomic mass is 35.5. The fourth-order valence-electron chi connectivity index (χ4n) is 2.71. The van der Waals surface area contributed by atoms with Crippen molar-refractivity contribution in [3.8, 4) is 11.3 Å². The van der Waals surface area contributed by atoms with Crippen LogP contribution in [-0.2, 0) is 6.18 Å². The second-order valence-electron chi connectivity index (χ2n) is 6.35. The third-order valence-corrected chi connectivity index (χ3v) is 4.58. The summed E-state index contributed by atoms with van der Waals surface area (Å²) in [5, 5.41) is 11.6. The molecule has 11 heteroatoms. The van der Waals surface area contributed by atoms with Gasteiger partial charge in [-0.05, 0) is 49.4 Å². The Bertz CT molecular complexity index is 1150. The van der Waals surface area contributed by atoms with E-state index in [4.69, 9.17) is 16.8 Å². The van der Waals surface area contributed by atoms with Crippen molar-refractivity contribution in [3.63, 3.8) is 0 Å². The Morgan fingerprint density at radius 3 is 2.39 bits per heavy atom. The number of aromatic nitrogens is 2. The Morgan fingerprint density at radius 1 is 1.06 bits per heavy atom. The van der Waals surface area contributed by atoms with E-state index in [1.54, 1.807) is 0 Å². The van der Waals surface area contributed by atoms with Crippen molar-refractivity contribution < 1.29 is 28.0 Å². The summed E-state index contributed by atoms with van der Waals surface area (Å²) in [6.45, 7) is 1.31. The summed E-state index contributed by atoms with van der Waals surface area (Å²) < 4.78 is 38.3. The number of hydrogen-bond donors (Lipinski definition) is 3. The van der Waals surface area contributed by atoms with Gasteiger partial charge in [-0.15, -0.1) is 0 Å². The van der Waals surface area contributed by atoms with Crippen LogP contribution in [0.25, 0.3) is 11.3 Å². The summed E-state index contributed by atoms with van der Waals surface area (Å²) >= 11 is 6.21. The van der Waals surface area contributed by atoms with Crippen molar-refractivity contribution in [2.24, 2.45) is 0 Å². The molecule has 0 fully saturated rings. The van der Waals surface area contributed by atoms with Gasteiger partial charge in [0.25, 0.3) is 11.8 Å². The number of hydrogen-bond acceptors (Lipinski definition) is 5. The molecule has 3 aromatic rings. The van der Waals surface area contributed by atoms with E-state index in [2.05, 4.69) is 15.3 Å². The van der Waals surface area contributed by atoms with Crippen molar-refractivity contribution in [2.75, 3.05) is 5.32 Å². The number of amides is 2. The van der Waals surface area contributed by atoms with E-state index in [0.717, 1.165) is 12.1 Å². The first-order valence-corrected chi connectivity index (χ1v) is 9.04. The predicted molar refractivity (Wildman–Crippen MR) is 106 cm³/mol. The van der Waals surface area contributed by atoms with Gasteiger partial charge in [0.15, 0.2) is 0 Å². The Balaban J connectivity index is 1.85. The Labute approximate surface area is 178 Å². The minimum absolute atomic E-state index is 0.0120. The number of nitrogens with zero attached hydrogens (tertiary/aromatic N) is 2. The number of hydroxylamine groups is 1. The highest BCUT2D eigenvalue weighted by Crippen LogP contribution is 2.31. The van der Waals surface area contributed by atoms with Crippen LogP contribution in [0.2, 0.25) is 5.02 Å². The quantitative estimate of drug-likeness (QED) is 0.401. The highest BCUT2D eigenvalue weighted by molar-refractivity contribution is 6.33. The number of carbonyl (C=O) groups excluding carboxylic acids is 2. The SMILES string of the molecule is Cc1nc(C(F)(F)F)ccc1C(=O)Nc1ccc(Cl)c(-c2ccc(C(=O)NO)cn2)c1. The fraction of sp³-hybridized carbons (Fsp3) is 0.100. The molecule has 0 aliphatic carbocycles. The van der Waals surface area contributed by atoms with Gasteiger partial charge in [0.2, 0.25) is 0 Å². The van der Waals surface area contributed by atoms with Crippen molar-refractivity contribution in [2.45, 2.75) is 13.1 Å². The van der Waals surface area contributed by atoms with Gasteiger partial charge in [0, 0.05) is 17.4 Å². The maximum atomic E-state index is 12.8. The van der Waals surface area contributed by atoms with Crippen LogP contribution in [0, 0.1) is 6.92 Å². The van der Waals surface area contributed by atoms with Gasteiger partial charge in [-0.3, -0.25) is 19.8 Å². The summed E-state index contributed by atoms with van der Waals surface area (Å²) in [6, 6.07) is 9.28. The summed E-state index contributed by atoms with van der Waals surface area (Å²) in [5.74, 6) is -1.37. The van der Waals surface area contributed by atoms with Gasteiger partial charge >= 0.3 is 6.18 Å². The van der Waals surface area contributed by atoms with Crippen molar-refractivity contribution >= 4 is 29.1 Å². The van der Waals surface area contributed by atoms with Crippen LogP contribution in [0.3, 0.4) is 0 Å². The molecule has 0 spiro atoms. The number of rotatable bonds is 4. The number of anilines is 1. The monoisotopic (exact) mass is 450 g/mol. The molecule has 0 atom stereocenters. The third kappa shape index (κ3) is 4.98. The van der Waals surface area contributed by atoms with Gasteiger partial charge < -0.3 is 5.32 Å². The summed E-state index contributed by atoms with van der Waals surface area (Å²) in [7, 11) is 0. The molecule has 0 saturated heterocycles. The summed E-state index contributed by atoms with van der Waals surface area (Å²) in [5.41, 5.74) is 1.61. The second kappa shape index (κ2) is 8.70. The number of benzene rings is 1. The molecule has 0 saturated carbocycles. The molecule has 3 rings (SSSR count). The minimum Gasteiger partial charge on any atom is -0.322 e. The van der Waals surface area contributed by atoms with Crippen LogP contribution in [0.1, 0.15) is 32.1 Å². The molecule has 31 heavy (non-hydrogen) atoms. The second-order valence-corrected chi connectivity index (χ2v) is 6.76. The Kier molecular flexibility index (Phi) is 6.23. The van der Waals surface area contributed by atoms with Gasteiger partial charge in [-0.1, -0.05) is 11.6 Å². The van der Waals surface area contributed by atoms with Gasteiger partial charge in [0.1, 0.15) is 5.69 Å². The number of nitrogens with one attached hydrogen (secondary N) is 2. The zero-order chi connectivity index (χ0) is 22.8. The largest absolute Gasteiger partial charge is 0.433 e. The Hall–Kier alpha value is -3.50. The van der Waals surface area contributed by atoms with Crippen LogP contribution in [0.5, 0.6) is 0 Å². The van der Waals surface area contributed by atoms with Crippen LogP contribution in [0.4, 0.5) is 18.9 Å². The van der Waals surface area contributed by atoms with Crippen LogP contribution in [0.15, 0.2) is 48.7 Å². The lowest BCUT2D eigenvalue weighted by Gasteiger charge is -2.12. The molecular weight excluding hydrogens is 437 g/mol. The maximum Gasteiger partial charge on any atom is 0.433 e. The van der Waals surface area contributed by atoms with E-state index in [-0.39, 0.29) is 16.8 Å². The molecule has 1 aromatic carbocycles. The molecule has 0 unspecified atom stereocenters. The lowest BCUT2D eigenvalue weighted by atomic mass is 10.1. The predicted octanol–water partition coefficient (Wildman–Crippen LogP) is 4.50. The molecule has 2 amide bonds. The molecule has 0 aliphatic rings. The smallest absolute Gasteiger partial charge is 0.322 e. The van der Waals surface area contributed by atoms with Crippen LogP contribution < -0.4 is 10.8 Å². The number of carbonyl (C=O) groups is 2. The lowest BCUT2D eigenvalue weighted by molar-refractivity contribution is -0.141. The van der Waals surface area contributed by atoms with E-state index in [1.807, 2.05) is 0 Å². The average molecular weight is 451 g/mol. The van der Waals surface area contributed by atoms with E-state index < -0.39 is 23.7 Å². The van der Waals surface area contributed by atoms with E-state index >= 15 is 0 Å². The van der Waals surface area contributed by atoms with E-state index in [1.165, 1.54) is 48.9 Å². The van der Waals surface area contributed by atoms with Gasteiger partial charge in [-0.2, -0.15) is 13.2 Å². The average Bonchev–Trinajstić information content (AvgIpc) is 2.73. The zero-order valence-corrected chi connectivity index (χ0v) is 16.5. The van der Waals surface area contributed by atoms with Crippen LogP contribution in [-0.4, -0.2) is 27.0 Å². The molecular formula is C20H14ClF3N4O3. The molecule has 160 valence electrons. The lowest BCUT2D eigenvalue weighted by Crippen LogP contribution is -2.18. The van der Waals surface area contributed by atoms with Crippen LogP contribution >= 0.6 is 11.6 Å². The Morgan fingerprint density at radius 2 is 1.81 bits per heavy atom. The zero-order valence-electron chi connectivity index (χ0n) is 15.8. The van der Waals surface area contributed by atoms with Gasteiger partial charge in [0.05, 0.1) is 27.5 Å². The highest BCUT2D eigenvalue weighted by Gasteiger charge is 2.33. The number of alkyl halides is 3. The van der Waals surface area contributed by atoms with E-state index in [0.29, 0.717) is 22.0 Å². The first kappa shape index (κ1) is 22.2. The molecule has 0 aliphatic heterocycles. The molecule has 3 N–H and O–H groups in total. The van der Waals surface area contributed by atoms with E-state index in [9.17, 15) is 22.8 Å². The summed E-state index contributed by atoms with van der Waals surface area (Å²) in [6.07, 6.45) is -3.37. The molecule has 7 nitrogen and oxygen atoms in total. The maximum absolute atomic E-state index is 12.8. The van der Waals surface area contributed by atoms with Crippen molar-refractivity contribution in [3.05, 3.63) is 76.2 Å². The molecule has 0 radical (unpaired) electrons. The number of pyridine rings is 2. The molecule has 2 aromatic heterocycles. The van der Waals surface area contributed by atoms with Crippen molar-refractivity contribution in [1.82, 2.24) is 15.4 Å². The first-order valence-electron chi connectivity index (χ1n) is 8.66. The number of halogens is 4. The first-order chi connectivity index (χ1) is 14.6. The summed E-state index contributed by atoms with van der Waals surface area (Å²) in [4.78, 5) is 31.5. The molecule has 2 heterocycles. The van der Waals surface area contributed by atoms with Gasteiger partial charge in [-0.25, -0.2) is 10.5 Å².